The van der Waals surface area contributed by atoms with Crippen molar-refractivity contribution in [2.75, 3.05) is 11.4 Å². The van der Waals surface area contributed by atoms with Gasteiger partial charge in [-0.3, -0.25) is 13.9 Å². The molecule has 0 saturated heterocycles. The van der Waals surface area contributed by atoms with Crippen LogP contribution in [0.2, 0.25) is 0 Å². The Bertz CT molecular complexity index is 1220. The molecular weight excluding hydrogens is 390 g/mol. The number of rotatable bonds is 7. The summed E-state index contributed by atoms with van der Waals surface area (Å²) in [5.41, 5.74) is 4.07. The lowest BCUT2D eigenvalue weighted by atomic mass is 10.1. The molecule has 166 valence electrons. The topological polar surface area (TPSA) is 65.1 Å². The Kier molecular flexibility index (Phi) is 6.03. The van der Waals surface area contributed by atoms with Crippen LogP contribution in [-0.2, 0) is 20.1 Å². The summed E-state index contributed by atoms with van der Waals surface area (Å²) in [4.78, 5) is 33.2. The van der Waals surface area contributed by atoms with Crippen LogP contribution in [0.5, 0.6) is 0 Å². The van der Waals surface area contributed by atoms with E-state index in [0.29, 0.717) is 17.7 Å². The smallest absolute Gasteiger partial charge is 0.312 e. The van der Waals surface area contributed by atoms with Gasteiger partial charge in [-0.25, -0.2) is 4.79 Å². The van der Waals surface area contributed by atoms with E-state index in [1.54, 1.807) is 7.05 Å². The van der Waals surface area contributed by atoms with E-state index in [-0.39, 0.29) is 11.2 Å². The van der Waals surface area contributed by atoms with E-state index < -0.39 is 0 Å². The van der Waals surface area contributed by atoms with Gasteiger partial charge in [-0.15, -0.1) is 0 Å². The molecule has 0 bridgehead atoms. The summed E-state index contributed by atoms with van der Waals surface area (Å²) in [5, 5.41) is 0. The van der Waals surface area contributed by atoms with Gasteiger partial charge in [0, 0.05) is 32.4 Å². The average Bonchev–Trinajstić information content (AvgIpc) is 3.16. The van der Waals surface area contributed by atoms with Crippen LogP contribution in [-0.4, -0.2) is 25.2 Å². The van der Waals surface area contributed by atoms with Gasteiger partial charge in [0.15, 0.2) is 11.2 Å². The zero-order chi connectivity index (χ0) is 22.1. The normalized spacial score (nSPS) is 13.7. The molecule has 31 heavy (non-hydrogen) atoms. The monoisotopic (exact) mass is 423 g/mol. The van der Waals surface area contributed by atoms with Crippen LogP contribution in [0.4, 0.5) is 11.6 Å². The third-order valence-electron chi connectivity index (χ3n) is 6.50. The molecule has 0 N–H and O–H groups in total. The van der Waals surface area contributed by atoms with Crippen molar-refractivity contribution in [1.82, 2.24) is 18.7 Å². The molecule has 1 aliphatic rings. The second-order valence-electron chi connectivity index (χ2n) is 8.72. The summed E-state index contributed by atoms with van der Waals surface area (Å²) >= 11 is 0. The van der Waals surface area contributed by atoms with Crippen LogP contribution in [0.15, 0.2) is 27.8 Å². The summed E-state index contributed by atoms with van der Waals surface area (Å²) in [5.74, 6) is 0.747. The number of fused-ring (bicyclic) bond motifs is 3. The van der Waals surface area contributed by atoms with E-state index in [0.717, 1.165) is 50.4 Å². The van der Waals surface area contributed by atoms with E-state index in [2.05, 4.69) is 43.9 Å². The molecule has 7 nitrogen and oxygen atoms in total. The maximum Gasteiger partial charge on any atom is 0.332 e. The first-order valence-electron chi connectivity index (χ1n) is 11.5. The van der Waals surface area contributed by atoms with Gasteiger partial charge >= 0.3 is 5.69 Å². The maximum atomic E-state index is 13.4. The van der Waals surface area contributed by atoms with Crippen LogP contribution in [0.25, 0.3) is 11.2 Å². The van der Waals surface area contributed by atoms with Crippen molar-refractivity contribution >= 4 is 22.8 Å². The molecule has 0 aliphatic carbocycles. The quantitative estimate of drug-likeness (QED) is 0.538. The molecule has 1 aromatic carbocycles. The highest BCUT2D eigenvalue weighted by Gasteiger charge is 2.27. The summed E-state index contributed by atoms with van der Waals surface area (Å²) in [7, 11) is 1.72. The first-order valence-corrected chi connectivity index (χ1v) is 11.5. The standard InChI is InChI=1S/C24H33N5O2/c1-5-6-7-8-9-13-29-22(30)20-21(26(4)24(29)31)25-23-27(14-10-15-28(20)23)19-12-11-17(2)18(3)16-19/h11-12,16H,5-10,13-15H2,1-4H3. The lowest BCUT2D eigenvalue weighted by Crippen LogP contribution is -2.40. The van der Waals surface area contributed by atoms with Crippen molar-refractivity contribution < 1.29 is 0 Å². The fourth-order valence-electron chi connectivity index (χ4n) is 4.47. The molecule has 3 aromatic rings. The minimum atomic E-state index is -0.277. The van der Waals surface area contributed by atoms with Gasteiger partial charge < -0.3 is 9.47 Å². The predicted molar refractivity (Wildman–Crippen MR) is 126 cm³/mol. The van der Waals surface area contributed by atoms with E-state index in [1.807, 2.05) is 4.57 Å². The fraction of sp³-hybridized carbons (Fsp3) is 0.542. The third-order valence-corrected chi connectivity index (χ3v) is 6.50. The van der Waals surface area contributed by atoms with E-state index >= 15 is 0 Å². The first kappa shape index (κ1) is 21.4. The second kappa shape index (κ2) is 8.73. The first-order chi connectivity index (χ1) is 14.9. The summed E-state index contributed by atoms with van der Waals surface area (Å²) < 4.78 is 4.94. The molecule has 0 unspecified atom stereocenters. The van der Waals surface area contributed by atoms with Crippen LogP contribution in [0, 0.1) is 13.8 Å². The highest BCUT2D eigenvalue weighted by molar-refractivity contribution is 5.77. The molecule has 0 fully saturated rings. The minimum absolute atomic E-state index is 0.214. The molecule has 1 aliphatic heterocycles. The number of imidazole rings is 1. The molecule has 2 aromatic heterocycles. The van der Waals surface area contributed by atoms with Crippen LogP contribution >= 0.6 is 0 Å². The van der Waals surface area contributed by atoms with Crippen LogP contribution in [0.3, 0.4) is 0 Å². The lowest BCUT2D eigenvalue weighted by molar-refractivity contribution is 0.529. The molecule has 0 amide bonds. The van der Waals surface area contributed by atoms with E-state index in [4.69, 9.17) is 4.98 Å². The number of aryl methyl sites for hydroxylation is 4. The van der Waals surface area contributed by atoms with E-state index in [1.165, 1.54) is 33.1 Å². The Balaban J connectivity index is 1.78. The lowest BCUT2D eigenvalue weighted by Gasteiger charge is -2.29. The number of nitrogens with zero attached hydrogens (tertiary/aromatic N) is 5. The van der Waals surface area contributed by atoms with Gasteiger partial charge in [0.1, 0.15) is 0 Å². The number of hydrogen-bond acceptors (Lipinski definition) is 4. The molecule has 0 spiro atoms. The Morgan fingerprint density at radius 2 is 1.77 bits per heavy atom. The van der Waals surface area contributed by atoms with Crippen molar-refractivity contribution in [2.45, 2.75) is 72.4 Å². The SMILES string of the molecule is CCCCCCCn1c(=O)c2c(nc3n2CCCN3c2ccc(C)c(C)c2)n(C)c1=O. The van der Waals surface area contributed by atoms with E-state index in [9.17, 15) is 9.59 Å². The van der Waals surface area contributed by atoms with Crippen molar-refractivity contribution in [2.24, 2.45) is 7.05 Å². The summed E-state index contributed by atoms with van der Waals surface area (Å²) in [6, 6.07) is 6.39. The highest BCUT2D eigenvalue weighted by atomic mass is 16.2. The average molecular weight is 424 g/mol. The largest absolute Gasteiger partial charge is 0.332 e. The summed E-state index contributed by atoms with van der Waals surface area (Å²) in [6.07, 6.45) is 6.30. The fourth-order valence-corrected chi connectivity index (χ4v) is 4.47. The second-order valence-corrected chi connectivity index (χ2v) is 8.72. The summed E-state index contributed by atoms with van der Waals surface area (Å²) in [6.45, 7) is 8.42. The van der Waals surface area contributed by atoms with Gasteiger partial charge in [-0.2, -0.15) is 4.98 Å². The maximum absolute atomic E-state index is 13.4. The Labute approximate surface area is 182 Å². The van der Waals surface area contributed by atoms with Crippen molar-refractivity contribution in [3.8, 4) is 0 Å². The van der Waals surface area contributed by atoms with Gasteiger partial charge in [-0.05, 0) is 49.9 Å². The number of benzene rings is 1. The molecule has 0 saturated carbocycles. The Morgan fingerprint density at radius 1 is 1.00 bits per heavy atom. The molecular formula is C24H33N5O2. The van der Waals surface area contributed by atoms with Crippen molar-refractivity contribution in [1.29, 1.82) is 0 Å². The number of hydrogen-bond donors (Lipinski definition) is 0. The van der Waals surface area contributed by atoms with Gasteiger partial charge in [-0.1, -0.05) is 38.7 Å². The number of anilines is 2. The zero-order valence-corrected chi connectivity index (χ0v) is 19.1. The predicted octanol–water partition coefficient (Wildman–Crippen LogP) is 4.03. The molecule has 4 rings (SSSR count). The molecule has 0 atom stereocenters. The van der Waals surface area contributed by atoms with Crippen LogP contribution < -0.4 is 16.1 Å². The van der Waals surface area contributed by atoms with Gasteiger partial charge in [0.25, 0.3) is 5.56 Å². The number of unbranched alkanes of at least 4 members (excludes halogenated alkanes) is 4. The Morgan fingerprint density at radius 3 is 2.52 bits per heavy atom. The molecule has 3 heterocycles. The third kappa shape index (κ3) is 3.82. The van der Waals surface area contributed by atoms with Gasteiger partial charge in [0.05, 0.1) is 0 Å². The minimum Gasteiger partial charge on any atom is -0.312 e. The molecule has 0 radical (unpaired) electrons. The molecule has 7 heteroatoms. The van der Waals surface area contributed by atoms with Crippen LogP contribution in [0.1, 0.15) is 56.6 Å². The van der Waals surface area contributed by atoms with Gasteiger partial charge in [0.2, 0.25) is 5.95 Å². The zero-order valence-electron chi connectivity index (χ0n) is 19.1. The number of aromatic nitrogens is 4. The van der Waals surface area contributed by atoms with Crippen molar-refractivity contribution in [3.63, 3.8) is 0 Å². The van der Waals surface area contributed by atoms with Crippen molar-refractivity contribution in [3.05, 3.63) is 50.2 Å². The highest BCUT2D eigenvalue weighted by Crippen LogP contribution is 2.31. The Hall–Kier alpha value is -2.83.